The van der Waals surface area contributed by atoms with E-state index in [1.54, 1.807) is 18.2 Å². The van der Waals surface area contributed by atoms with Crippen molar-refractivity contribution in [2.75, 3.05) is 7.11 Å². The van der Waals surface area contributed by atoms with Gasteiger partial charge in [-0.05, 0) is 54.4 Å². The summed E-state index contributed by atoms with van der Waals surface area (Å²) in [6.45, 7) is 2.07. The minimum Gasteiger partial charge on any atom is -0.545 e. The smallest absolute Gasteiger partial charge is 0.125 e. The van der Waals surface area contributed by atoms with Crippen molar-refractivity contribution < 1.29 is 19.4 Å². The number of carboxylic acids is 1. The quantitative estimate of drug-likeness (QED) is 0.852. The number of aromatic carboxylic acids is 1. The summed E-state index contributed by atoms with van der Waals surface area (Å²) in [5.41, 5.74) is 1.62. The van der Waals surface area contributed by atoms with Crippen molar-refractivity contribution in [3.63, 3.8) is 0 Å². The van der Waals surface area contributed by atoms with E-state index in [1.807, 2.05) is 13.0 Å². The fourth-order valence-corrected chi connectivity index (χ4v) is 2.00. The second-order valence-electron chi connectivity index (χ2n) is 4.51. The van der Waals surface area contributed by atoms with Crippen LogP contribution in [0.15, 0.2) is 36.4 Å². The van der Waals surface area contributed by atoms with Crippen molar-refractivity contribution in [3.8, 4) is 11.5 Å². The molecule has 0 atom stereocenters. The predicted octanol–water partition coefficient (Wildman–Crippen LogP) is 2.60. The Morgan fingerprint density at radius 1 is 1.24 bits per heavy atom. The molecular formula is C16H14ClO4-. The van der Waals surface area contributed by atoms with Crippen LogP contribution in [-0.4, -0.2) is 13.1 Å². The van der Waals surface area contributed by atoms with Crippen LogP contribution in [0.25, 0.3) is 0 Å². The lowest BCUT2D eigenvalue weighted by atomic mass is 10.1. The first-order valence-electron chi connectivity index (χ1n) is 6.28. The number of ether oxygens (including phenoxy) is 2. The molecule has 110 valence electrons. The molecule has 4 nitrogen and oxygen atoms in total. The van der Waals surface area contributed by atoms with E-state index in [4.69, 9.17) is 21.1 Å². The second kappa shape index (κ2) is 6.50. The van der Waals surface area contributed by atoms with Crippen molar-refractivity contribution >= 4 is 17.6 Å². The molecule has 5 heteroatoms. The molecule has 0 unspecified atom stereocenters. The average molecular weight is 306 g/mol. The van der Waals surface area contributed by atoms with Crippen molar-refractivity contribution in [2.24, 2.45) is 0 Å². The van der Waals surface area contributed by atoms with E-state index in [0.717, 1.165) is 5.56 Å². The molecule has 0 N–H and O–H groups in total. The molecule has 0 fully saturated rings. The largest absolute Gasteiger partial charge is 0.545 e. The number of carboxylic acid groups (broad SMARTS) is 1. The van der Waals surface area contributed by atoms with Gasteiger partial charge in [-0.2, -0.15) is 0 Å². The first kappa shape index (κ1) is 15.2. The monoisotopic (exact) mass is 305 g/mol. The van der Waals surface area contributed by atoms with E-state index < -0.39 is 5.97 Å². The van der Waals surface area contributed by atoms with E-state index >= 15 is 0 Å². The minimum absolute atomic E-state index is 0.0849. The fraction of sp³-hybridized carbons (Fsp3) is 0.188. The van der Waals surface area contributed by atoms with Crippen LogP contribution in [0, 0.1) is 6.92 Å². The zero-order valence-electron chi connectivity index (χ0n) is 11.7. The maximum Gasteiger partial charge on any atom is 0.125 e. The van der Waals surface area contributed by atoms with E-state index in [0.29, 0.717) is 22.1 Å². The summed E-state index contributed by atoms with van der Waals surface area (Å²) in [5.74, 6) is -0.0234. The van der Waals surface area contributed by atoms with Gasteiger partial charge < -0.3 is 19.4 Å². The number of hydrogen-bond donors (Lipinski definition) is 0. The normalized spacial score (nSPS) is 10.2. The van der Waals surface area contributed by atoms with E-state index in [1.165, 1.54) is 19.2 Å². The zero-order chi connectivity index (χ0) is 15.4. The van der Waals surface area contributed by atoms with Crippen molar-refractivity contribution in [1.82, 2.24) is 0 Å². The van der Waals surface area contributed by atoms with Crippen LogP contribution in [0.3, 0.4) is 0 Å². The van der Waals surface area contributed by atoms with Crippen LogP contribution in [-0.2, 0) is 6.61 Å². The van der Waals surface area contributed by atoms with E-state index in [2.05, 4.69) is 0 Å². The summed E-state index contributed by atoms with van der Waals surface area (Å²) in [7, 11) is 1.52. The summed E-state index contributed by atoms with van der Waals surface area (Å²) in [5, 5.41) is 11.6. The van der Waals surface area contributed by atoms with Crippen LogP contribution >= 0.6 is 11.6 Å². The van der Waals surface area contributed by atoms with Gasteiger partial charge in [0.15, 0.2) is 0 Å². The lowest BCUT2D eigenvalue weighted by Gasteiger charge is -2.13. The standard InChI is InChI=1S/C16H15ClO4/c1-10-7-13(4-5-14(10)17)21-9-12-8-11(16(18)19)3-6-15(12)20-2/h3-8H,9H2,1-2H3,(H,18,19)/p-1. The Kier molecular flexibility index (Phi) is 4.70. The van der Waals surface area contributed by atoms with E-state index in [-0.39, 0.29) is 12.2 Å². The van der Waals surface area contributed by atoms with Crippen LogP contribution in [0.5, 0.6) is 11.5 Å². The third-order valence-corrected chi connectivity index (χ3v) is 3.46. The molecule has 0 heterocycles. The zero-order valence-corrected chi connectivity index (χ0v) is 12.4. The van der Waals surface area contributed by atoms with Crippen molar-refractivity contribution in [2.45, 2.75) is 13.5 Å². The maximum absolute atomic E-state index is 10.9. The molecule has 0 spiro atoms. The van der Waals surface area contributed by atoms with Gasteiger partial charge in [0.2, 0.25) is 0 Å². The molecule has 0 saturated heterocycles. The molecule has 0 aliphatic heterocycles. The Bertz CT molecular complexity index is 667. The summed E-state index contributed by atoms with van der Waals surface area (Å²) in [6, 6.07) is 9.82. The lowest BCUT2D eigenvalue weighted by molar-refractivity contribution is -0.255. The summed E-state index contributed by atoms with van der Waals surface area (Å²) < 4.78 is 10.9. The first-order chi connectivity index (χ1) is 10.0. The first-order valence-corrected chi connectivity index (χ1v) is 6.66. The molecule has 2 rings (SSSR count). The molecule has 0 radical (unpaired) electrons. The molecule has 21 heavy (non-hydrogen) atoms. The topological polar surface area (TPSA) is 58.6 Å². The van der Waals surface area contributed by atoms with Gasteiger partial charge in [0.25, 0.3) is 0 Å². The molecular weight excluding hydrogens is 292 g/mol. The summed E-state index contributed by atoms with van der Waals surface area (Å²) >= 11 is 5.95. The van der Waals surface area contributed by atoms with Crippen LogP contribution < -0.4 is 14.6 Å². The Morgan fingerprint density at radius 3 is 2.62 bits per heavy atom. The van der Waals surface area contributed by atoms with Gasteiger partial charge in [-0.3, -0.25) is 0 Å². The Hall–Kier alpha value is -2.20. The van der Waals surface area contributed by atoms with Crippen LogP contribution in [0.4, 0.5) is 0 Å². The van der Waals surface area contributed by atoms with Gasteiger partial charge >= 0.3 is 0 Å². The number of methoxy groups -OCH3 is 1. The Balaban J connectivity index is 2.19. The van der Waals surface area contributed by atoms with E-state index in [9.17, 15) is 9.90 Å². The van der Waals surface area contributed by atoms with Crippen molar-refractivity contribution in [1.29, 1.82) is 0 Å². The minimum atomic E-state index is -1.23. The van der Waals surface area contributed by atoms with Gasteiger partial charge in [-0.15, -0.1) is 0 Å². The Labute approximate surface area is 127 Å². The van der Waals surface area contributed by atoms with Gasteiger partial charge in [0.05, 0.1) is 13.1 Å². The maximum atomic E-state index is 10.9. The highest BCUT2D eigenvalue weighted by Crippen LogP contribution is 2.24. The molecule has 0 aliphatic carbocycles. The number of halogens is 1. The highest BCUT2D eigenvalue weighted by molar-refractivity contribution is 6.31. The predicted molar refractivity (Wildman–Crippen MR) is 77.8 cm³/mol. The number of aryl methyl sites for hydroxylation is 1. The second-order valence-corrected chi connectivity index (χ2v) is 4.92. The van der Waals surface area contributed by atoms with Crippen molar-refractivity contribution in [3.05, 3.63) is 58.1 Å². The number of carbonyl (C=O) groups is 1. The molecule has 2 aromatic rings. The molecule has 0 amide bonds. The SMILES string of the molecule is COc1ccc(C(=O)[O-])cc1COc1ccc(Cl)c(C)c1. The molecule has 0 saturated carbocycles. The number of benzene rings is 2. The van der Waals surface area contributed by atoms with Gasteiger partial charge in [0.1, 0.15) is 18.1 Å². The third-order valence-electron chi connectivity index (χ3n) is 3.04. The number of carbonyl (C=O) groups excluding carboxylic acids is 1. The fourth-order valence-electron chi connectivity index (χ4n) is 1.89. The molecule has 0 aromatic heterocycles. The molecule has 0 bridgehead atoms. The van der Waals surface area contributed by atoms with Gasteiger partial charge in [-0.25, -0.2) is 0 Å². The molecule has 0 aliphatic rings. The third kappa shape index (κ3) is 3.67. The van der Waals surface area contributed by atoms with Crippen LogP contribution in [0.2, 0.25) is 5.02 Å². The molecule has 2 aromatic carbocycles. The van der Waals surface area contributed by atoms with Gasteiger partial charge in [0, 0.05) is 10.6 Å². The van der Waals surface area contributed by atoms with Gasteiger partial charge in [-0.1, -0.05) is 11.6 Å². The highest BCUT2D eigenvalue weighted by Gasteiger charge is 2.07. The number of hydrogen-bond acceptors (Lipinski definition) is 4. The number of rotatable bonds is 5. The summed E-state index contributed by atoms with van der Waals surface area (Å²) in [6.07, 6.45) is 0. The summed E-state index contributed by atoms with van der Waals surface area (Å²) in [4.78, 5) is 10.9. The van der Waals surface area contributed by atoms with Crippen LogP contribution in [0.1, 0.15) is 21.5 Å². The Morgan fingerprint density at radius 2 is 2.00 bits per heavy atom. The lowest BCUT2D eigenvalue weighted by Crippen LogP contribution is -2.22. The highest BCUT2D eigenvalue weighted by atomic mass is 35.5. The average Bonchev–Trinajstić information content (AvgIpc) is 2.48.